The van der Waals surface area contributed by atoms with Crippen LogP contribution in [0.1, 0.15) is 13.3 Å². The van der Waals surface area contributed by atoms with Crippen LogP contribution < -0.4 is 5.48 Å². The van der Waals surface area contributed by atoms with Gasteiger partial charge in [0.05, 0.1) is 5.70 Å². The number of allylic oxidation sites excluding steroid dienone is 1. The van der Waals surface area contributed by atoms with E-state index >= 15 is 0 Å². The van der Waals surface area contributed by atoms with Crippen LogP contribution in [0.4, 0.5) is 0 Å². The zero-order valence-electron chi connectivity index (χ0n) is 4.10. The third-order valence-corrected chi connectivity index (χ3v) is 0.792. The fourth-order valence-corrected chi connectivity index (χ4v) is 0.339. The molecule has 0 aromatic heterocycles. The largest absolute Gasteiger partial charge is 0.320 e. The first-order chi connectivity index (χ1) is 3.43. The lowest BCUT2D eigenvalue weighted by atomic mass is 10.4. The maximum Gasteiger partial charge on any atom is 0.153 e. The molecule has 3 heteroatoms. The van der Waals surface area contributed by atoms with Crippen molar-refractivity contribution in [3.63, 3.8) is 0 Å². The molecule has 0 spiro atoms. The van der Waals surface area contributed by atoms with Gasteiger partial charge in [-0.1, -0.05) is 11.9 Å². The molecule has 1 rings (SSSR count). The molecular formula is C4H7NO2. The van der Waals surface area contributed by atoms with Crippen LogP contribution in [-0.2, 0) is 9.88 Å². The maximum atomic E-state index is 4.37. The molecular weight excluding hydrogens is 94.0 g/mol. The fourth-order valence-electron chi connectivity index (χ4n) is 0.339. The Morgan fingerprint density at radius 1 is 1.86 bits per heavy atom. The summed E-state index contributed by atoms with van der Waals surface area (Å²) in [5, 5.41) is 0. The second kappa shape index (κ2) is 1.84. The molecule has 0 saturated heterocycles. The van der Waals surface area contributed by atoms with Crippen LogP contribution in [0.25, 0.3) is 0 Å². The Kier molecular flexibility index (Phi) is 1.17. The van der Waals surface area contributed by atoms with Crippen LogP contribution in [0, 0.1) is 0 Å². The zero-order valence-corrected chi connectivity index (χ0v) is 4.10. The second-order valence-corrected chi connectivity index (χ2v) is 1.28. The molecule has 40 valence electrons. The smallest absolute Gasteiger partial charge is 0.153 e. The molecule has 1 N–H and O–H groups in total. The first-order valence-electron chi connectivity index (χ1n) is 2.21. The summed E-state index contributed by atoms with van der Waals surface area (Å²) in [4.78, 5) is 8.68. The number of nitrogens with one attached hydrogen (secondary N) is 1. The SMILES string of the molecule is CCC1=COON1. The third kappa shape index (κ3) is 0.838. The summed E-state index contributed by atoms with van der Waals surface area (Å²) in [5.41, 5.74) is 3.52. The molecule has 0 bridgehead atoms. The van der Waals surface area contributed by atoms with E-state index in [1.54, 1.807) is 6.26 Å². The highest BCUT2D eigenvalue weighted by Gasteiger charge is 1.99. The van der Waals surface area contributed by atoms with Gasteiger partial charge in [0.25, 0.3) is 0 Å². The van der Waals surface area contributed by atoms with Crippen LogP contribution in [-0.4, -0.2) is 0 Å². The maximum absolute atomic E-state index is 4.37. The van der Waals surface area contributed by atoms with Gasteiger partial charge in [0.15, 0.2) is 6.26 Å². The molecule has 3 nitrogen and oxygen atoms in total. The zero-order chi connectivity index (χ0) is 5.11. The van der Waals surface area contributed by atoms with Gasteiger partial charge >= 0.3 is 0 Å². The Bertz CT molecular complexity index is 89.7. The average Bonchev–Trinajstić information content (AvgIpc) is 2.14. The molecule has 1 heterocycles. The van der Waals surface area contributed by atoms with E-state index < -0.39 is 0 Å². The Hall–Kier alpha value is -0.700. The predicted octanol–water partition coefficient (Wildman–Crippen LogP) is 0.704. The number of hydroxylamine groups is 1. The number of hydrogen-bond acceptors (Lipinski definition) is 3. The Balaban J connectivity index is 2.36. The van der Waals surface area contributed by atoms with Gasteiger partial charge in [0, 0.05) is 0 Å². The summed E-state index contributed by atoms with van der Waals surface area (Å²) >= 11 is 0. The van der Waals surface area contributed by atoms with E-state index in [4.69, 9.17) is 0 Å². The molecule has 0 fully saturated rings. The molecule has 0 unspecified atom stereocenters. The van der Waals surface area contributed by atoms with E-state index in [1.807, 2.05) is 6.92 Å². The van der Waals surface area contributed by atoms with Gasteiger partial charge in [-0.15, -0.1) is 0 Å². The van der Waals surface area contributed by atoms with Gasteiger partial charge in [0.1, 0.15) is 0 Å². The Labute approximate surface area is 41.8 Å². The van der Waals surface area contributed by atoms with E-state index in [9.17, 15) is 0 Å². The van der Waals surface area contributed by atoms with Gasteiger partial charge < -0.3 is 4.89 Å². The number of hydrogen-bond donors (Lipinski definition) is 1. The van der Waals surface area contributed by atoms with Crippen LogP contribution in [0.5, 0.6) is 0 Å². The van der Waals surface area contributed by atoms with Gasteiger partial charge in [0.2, 0.25) is 0 Å². The molecule has 0 atom stereocenters. The van der Waals surface area contributed by atoms with Crippen molar-refractivity contribution in [3.05, 3.63) is 12.0 Å². The van der Waals surface area contributed by atoms with Crippen molar-refractivity contribution in [3.8, 4) is 0 Å². The molecule has 0 aromatic carbocycles. The second-order valence-electron chi connectivity index (χ2n) is 1.28. The van der Waals surface area contributed by atoms with Crippen LogP contribution in [0.3, 0.4) is 0 Å². The summed E-state index contributed by atoms with van der Waals surface area (Å²) in [5.74, 6) is 0. The van der Waals surface area contributed by atoms with E-state index in [2.05, 4.69) is 15.4 Å². The lowest BCUT2D eigenvalue weighted by Gasteiger charge is -1.89. The third-order valence-electron chi connectivity index (χ3n) is 0.792. The monoisotopic (exact) mass is 101 g/mol. The van der Waals surface area contributed by atoms with E-state index in [0.717, 1.165) is 12.1 Å². The lowest BCUT2D eigenvalue weighted by molar-refractivity contribution is -0.265. The van der Waals surface area contributed by atoms with Crippen LogP contribution in [0.2, 0.25) is 0 Å². The van der Waals surface area contributed by atoms with Gasteiger partial charge in [-0.3, -0.25) is 0 Å². The van der Waals surface area contributed by atoms with Crippen LogP contribution in [0.15, 0.2) is 12.0 Å². The van der Waals surface area contributed by atoms with Crippen molar-refractivity contribution >= 4 is 0 Å². The summed E-state index contributed by atoms with van der Waals surface area (Å²) < 4.78 is 0. The molecule has 0 aromatic rings. The minimum absolute atomic E-state index is 0.917. The van der Waals surface area contributed by atoms with E-state index in [-0.39, 0.29) is 0 Å². The topological polar surface area (TPSA) is 30.5 Å². The molecule has 7 heavy (non-hydrogen) atoms. The van der Waals surface area contributed by atoms with E-state index in [0.29, 0.717) is 0 Å². The highest BCUT2D eigenvalue weighted by atomic mass is 17.3. The van der Waals surface area contributed by atoms with Crippen molar-refractivity contribution in [2.75, 3.05) is 0 Å². The summed E-state index contributed by atoms with van der Waals surface area (Å²) in [6, 6.07) is 0. The fraction of sp³-hybridized carbons (Fsp3) is 0.500. The van der Waals surface area contributed by atoms with Gasteiger partial charge in [-0.2, -0.15) is 0 Å². The predicted molar refractivity (Wildman–Crippen MR) is 23.7 cm³/mol. The Morgan fingerprint density at radius 3 is 3.00 bits per heavy atom. The highest BCUT2D eigenvalue weighted by molar-refractivity contribution is 4.91. The lowest BCUT2D eigenvalue weighted by Crippen LogP contribution is -2.03. The standard InChI is InChI=1S/C4H7NO2/c1-2-4-3-6-7-5-4/h3,5H,2H2,1H3. The van der Waals surface area contributed by atoms with Crippen LogP contribution >= 0.6 is 0 Å². The summed E-state index contributed by atoms with van der Waals surface area (Å²) in [6.45, 7) is 2.01. The van der Waals surface area contributed by atoms with Crippen molar-refractivity contribution < 1.29 is 9.88 Å². The molecule has 0 radical (unpaired) electrons. The summed E-state index contributed by atoms with van der Waals surface area (Å²) in [7, 11) is 0. The normalized spacial score (nSPS) is 17.6. The van der Waals surface area contributed by atoms with Crippen molar-refractivity contribution in [1.82, 2.24) is 5.48 Å². The average molecular weight is 101 g/mol. The minimum atomic E-state index is 0.917. The minimum Gasteiger partial charge on any atom is -0.320 e. The van der Waals surface area contributed by atoms with Gasteiger partial charge in [-0.25, -0.2) is 5.48 Å². The molecule has 0 amide bonds. The molecule has 0 aliphatic carbocycles. The molecule has 1 aliphatic heterocycles. The van der Waals surface area contributed by atoms with Gasteiger partial charge in [-0.05, 0) is 6.42 Å². The van der Waals surface area contributed by atoms with Crippen molar-refractivity contribution in [1.29, 1.82) is 0 Å². The molecule has 1 aliphatic rings. The highest BCUT2D eigenvalue weighted by Crippen LogP contribution is 2.01. The van der Waals surface area contributed by atoms with Crippen molar-refractivity contribution in [2.24, 2.45) is 0 Å². The van der Waals surface area contributed by atoms with E-state index in [1.165, 1.54) is 0 Å². The number of rotatable bonds is 1. The first-order valence-corrected chi connectivity index (χ1v) is 2.21. The summed E-state index contributed by atoms with van der Waals surface area (Å²) in [6.07, 6.45) is 2.46. The Morgan fingerprint density at radius 2 is 2.71 bits per heavy atom. The quantitative estimate of drug-likeness (QED) is 0.493. The molecule has 0 saturated carbocycles. The first kappa shape index (κ1) is 4.46. The van der Waals surface area contributed by atoms with Crippen molar-refractivity contribution in [2.45, 2.75) is 13.3 Å².